The third-order valence-electron chi connectivity index (χ3n) is 5.34. The second-order valence-electron chi connectivity index (χ2n) is 7.26. The van der Waals surface area contributed by atoms with E-state index in [0.29, 0.717) is 0 Å². The van der Waals surface area contributed by atoms with Gasteiger partial charge in [0.25, 0.3) is 5.56 Å². The fraction of sp³-hybridized carbons (Fsp3) is 0.455. The van der Waals surface area contributed by atoms with Crippen LogP contribution in [0.25, 0.3) is 0 Å². The number of aromatic nitrogens is 1. The molecule has 30 heavy (non-hydrogen) atoms. The van der Waals surface area contributed by atoms with Gasteiger partial charge >= 0.3 is 0 Å². The zero-order valence-electron chi connectivity index (χ0n) is 17.7. The van der Waals surface area contributed by atoms with Gasteiger partial charge in [-0.2, -0.15) is 0 Å². The molecule has 2 aromatic rings. The molecule has 0 bridgehead atoms. The van der Waals surface area contributed by atoms with Gasteiger partial charge < -0.3 is 19.7 Å². The van der Waals surface area contributed by atoms with Crippen molar-refractivity contribution in [2.75, 3.05) is 44.7 Å². The molecule has 1 fully saturated rings. The van der Waals surface area contributed by atoms with Crippen LogP contribution in [0, 0.1) is 6.92 Å². The van der Waals surface area contributed by atoms with E-state index in [9.17, 15) is 4.79 Å². The van der Waals surface area contributed by atoms with E-state index in [0.717, 1.165) is 74.5 Å². The summed E-state index contributed by atoms with van der Waals surface area (Å²) in [5.74, 6) is 0.942. The third-order valence-corrected chi connectivity index (χ3v) is 5.66. The van der Waals surface area contributed by atoms with E-state index < -0.39 is 0 Å². The highest BCUT2D eigenvalue weighted by atomic mass is 127. The van der Waals surface area contributed by atoms with Gasteiger partial charge in [-0.1, -0.05) is 29.8 Å². The van der Waals surface area contributed by atoms with Crippen molar-refractivity contribution >= 4 is 47.2 Å². The number of rotatable bonds is 6. The van der Waals surface area contributed by atoms with Crippen molar-refractivity contribution in [3.05, 3.63) is 63.5 Å². The van der Waals surface area contributed by atoms with Crippen LogP contribution in [0.15, 0.2) is 52.3 Å². The number of guanidine groups is 1. The van der Waals surface area contributed by atoms with Gasteiger partial charge in [0.15, 0.2) is 5.96 Å². The van der Waals surface area contributed by atoms with Crippen LogP contribution in [0.3, 0.4) is 0 Å². The van der Waals surface area contributed by atoms with Crippen LogP contribution in [-0.4, -0.2) is 55.2 Å². The lowest BCUT2D eigenvalue weighted by atomic mass is 10.2. The number of unbranched alkanes of at least 4 members (excludes halogenated alkanes) is 1. The molecule has 0 saturated carbocycles. The lowest BCUT2D eigenvalue weighted by Crippen LogP contribution is -2.52. The highest BCUT2D eigenvalue weighted by molar-refractivity contribution is 14.0. The summed E-state index contributed by atoms with van der Waals surface area (Å²) in [7, 11) is 1.83. The number of hydrogen-bond acceptors (Lipinski definition) is 3. The Morgan fingerprint density at radius 3 is 2.47 bits per heavy atom. The van der Waals surface area contributed by atoms with E-state index in [4.69, 9.17) is 11.6 Å². The monoisotopic (exact) mass is 543 g/mol. The quantitative estimate of drug-likeness (QED) is 0.262. The van der Waals surface area contributed by atoms with Crippen molar-refractivity contribution in [3.63, 3.8) is 0 Å². The molecule has 0 radical (unpaired) electrons. The largest absolute Gasteiger partial charge is 0.367 e. The van der Waals surface area contributed by atoms with Gasteiger partial charge in [-0.3, -0.25) is 9.79 Å². The van der Waals surface area contributed by atoms with E-state index in [2.05, 4.69) is 26.2 Å². The molecule has 6 nitrogen and oxygen atoms in total. The lowest BCUT2D eigenvalue weighted by molar-refractivity contribution is 0.372. The molecule has 0 aliphatic carbocycles. The average Bonchev–Trinajstić information content (AvgIpc) is 2.73. The first kappa shape index (κ1) is 24.5. The number of hydrogen-bond donors (Lipinski definition) is 1. The van der Waals surface area contributed by atoms with E-state index in [1.165, 1.54) is 0 Å². The lowest BCUT2D eigenvalue weighted by Gasteiger charge is -2.38. The van der Waals surface area contributed by atoms with Crippen LogP contribution < -0.4 is 15.8 Å². The number of pyridine rings is 1. The molecular weight excluding hydrogens is 513 g/mol. The van der Waals surface area contributed by atoms with E-state index in [1.54, 1.807) is 6.07 Å². The van der Waals surface area contributed by atoms with Gasteiger partial charge in [0.05, 0.1) is 10.7 Å². The number of aryl methyl sites for hydroxylation is 1. The number of nitrogens with one attached hydrogen (secondary N) is 1. The summed E-state index contributed by atoms with van der Waals surface area (Å²) in [6.45, 7) is 7.22. The summed E-state index contributed by atoms with van der Waals surface area (Å²) in [4.78, 5) is 21.0. The van der Waals surface area contributed by atoms with Gasteiger partial charge in [0.1, 0.15) is 0 Å². The minimum Gasteiger partial charge on any atom is -0.367 e. The van der Waals surface area contributed by atoms with Gasteiger partial charge in [-0.25, -0.2) is 0 Å². The number of nitrogens with zero attached hydrogens (tertiary/aromatic N) is 4. The molecule has 2 heterocycles. The van der Waals surface area contributed by atoms with Gasteiger partial charge in [-0.15, -0.1) is 24.0 Å². The van der Waals surface area contributed by atoms with E-state index >= 15 is 0 Å². The molecule has 0 unspecified atom stereocenters. The maximum Gasteiger partial charge on any atom is 0.250 e. The summed E-state index contributed by atoms with van der Waals surface area (Å²) in [6.07, 6.45) is 1.94. The number of aliphatic imine (C=N–C) groups is 1. The van der Waals surface area contributed by atoms with Crippen LogP contribution in [0.5, 0.6) is 0 Å². The Kier molecular flexibility index (Phi) is 9.97. The average molecular weight is 544 g/mol. The predicted octanol–water partition coefficient (Wildman–Crippen LogP) is 3.61. The first-order valence-electron chi connectivity index (χ1n) is 10.2. The molecule has 8 heteroatoms. The molecule has 0 spiro atoms. The van der Waals surface area contributed by atoms with Gasteiger partial charge in [-0.05, 0) is 38.0 Å². The second kappa shape index (κ2) is 12.2. The summed E-state index contributed by atoms with van der Waals surface area (Å²) in [5, 5.41) is 4.27. The smallest absolute Gasteiger partial charge is 0.250 e. The molecular formula is C22H31ClIN5O. The second-order valence-corrected chi connectivity index (χ2v) is 7.67. The summed E-state index contributed by atoms with van der Waals surface area (Å²) in [5.41, 5.74) is 2.19. The molecule has 1 aromatic carbocycles. The highest BCUT2D eigenvalue weighted by Crippen LogP contribution is 2.25. The number of halogens is 2. The zero-order chi connectivity index (χ0) is 20.6. The van der Waals surface area contributed by atoms with Crippen molar-refractivity contribution in [3.8, 4) is 0 Å². The van der Waals surface area contributed by atoms with Crippen LogP contribution in [0.1, 0.15) is 18.5 Å². The molecule has 1 aliphatic heterocycles. The van der Waals surface area contributed by atoms with Crippen molar-refractivity contribution in [2.45, 2.75) is 26.3 Å². The topological polar surface area (TPSA) is 52.9 Å². The predicted molar refractivity (Wildman–Crippen MR) is 137 cm³/mol. The maximum atomic E-state index is 11.9. The standard InChI is InChI=1S/C22H30ClN5O.HI/c1-18-8-7-11-21(29)28(18)13-6-5-12-25-22(24-2)27-16-14-26(15-17-27)20-10-4-3-9-19(20)23;/h3-4,7-11H,5-6,12-17H2,1-2H3,(H,24,25);1H. The van der Waals surface area contributed by atoms with Crippen molar-refractivity contribution in [1.29, 1.82) is 0 Å². The Morgan fingerprint density at radius 1 is 1.07 bits per heavy atom. The fourth-order valence-corrected chi connectivity index (χ4v) is 3.96. The Balaban J connectivity index is 0.00000320. The molecule has 0 atom stereocenters. The summed E-state index contributed by atoms with van der Waals surface area (Å²) < 4.78 is 1.84. The number of benzene rings is 1. The highest BCUT2D eigenvalue weighted by Gasteiger charge is 2.20. The number of piperazine rings is 1. The molecule has 164 valence electrons. The molecule has 0 amide bonds. The molecule has 1 saturated heterocycles. The molecule has 3 rings (SSSR count). The Bertz CT molecular complexity index is 893. The molecule has 1 aromatic heterocycles. The summed E-state index contributed by atoms with van der Waals surface area (Å²) in [6, 6.07) is 13.4. The van der Waals surface area contributed by atoms with Gasteiger partial charge in [0.2, 0.25) is 0 Å². The Hall–Kier alpha value is -1.74. The van der Waals surface area contributed by atoms with E-state index in [-0.39, 0.29) is 29.5 Å². The van der Waals surface area contributed by atoms with Crippen LogP contribution in [0.2, 0.25) is 5.02 Å². The summed E-state index contributed by atoms with van der Waals surface area (Å²) >= 11 is 6.33. The van der Waals surface area contributed by atoms with E-state index in [1.807, 2.05) is 48.9 Å². The third kappa shape index (κ3) is 6.38. The minimum absolute atomic E-state index is 0. The molecule has 1 N–H and O–H groups in total. The number of para-hydroxylation sites is 1. The minimum atomic E-state index is 0. The Labute approximate surface area is 201 Å². The van der Waals surface area contributed by atoms with Crippen molar-refractivity contribution in [1.82, 2.24) is 14.8 Å². The number of anilines is 1. The van der Waals surface area contributed by atoms with Crippen LogP contribution >= 0.6 is 35.6 Å². The van der Waals surface area contributed by atoms with Crippen molar-refractivity contribution < 1.29 is 0 Å². The first-order valence-corrected chi connectivity index (χ1v) is 10.6. The molecule has 1 aliphatic rings. The van der Waals surface area contributed by atoms with Crippen LogP contribution in [-0.2, 0) is 6.54 Å². The maximum absolute atomic E-state index is 11.9. The van der Waals surface area contributed by atoms with Crippen molar-refractivity contribution in [2.24, 2.45) is 4.99 Å². The Morgan fingerprint density at radius 2 is 1.80 bits per heavy atom. The first-order chi connectivity index (χ1) is 14.1. The SMILES string of the molecule is CN=C(NCCCCn1c(C)cccc1=O)N1CCN(c2ccccc2Cl)CC1.I. The normalized spacial score (nSPS) is 14.4. The fourth-order valence-electron chi connectivity index (χ4n) is 3.70. The zero-order valence-corrected chi connectivity index (χ0v) is 20.8. The van der Waals surface area contributed by atoms with Gasteiger partial charge in [0, 0.05) is 58.1 Å². The van der Waals surface area contributed by atoms with Crippen LogP contribution in [0.4, 0.5) is 5.69 Å².